The third kappa shape index (κ3) is 5.52. The van der Waals surface area contributed by atoms with Crippen molar-refractivity contribution in [2.75, 3.05) is 27.4 Å². The smallest absolute Gasteiger partial charge is 0.261 e. The van der Waals surface area contributed by atoms with Crippen molar-refractivity contribution in [2.24, 2.45) is 0 Å². The van der Waals surface area contributed by atoms with Crippen molar-refractivity contribution in [1.29, 1.82) is 5.26 Å². The zero-order chi connectivity index (χ0) is 22.4. The van der Waals surface area contributed by atoms with Crippen LogP contribution in [0.3, 0.4) is 0 Å². The maximum atomic E-state index is 12.5. The molecule has 0 saturated carbocycles. The molecule has 160 valence electrons. The summed E-state index contributed by atoms with van der Waals surface area (Å²) in [5.74, 6) is 1.32. The highest BCUT2D eigenvalue weighted by molar-refractivity contribution is 6.36. The molecule has 1 aliphatic heterocycles. The number of methoxy groups -OCH3 is 2. The van der Waals surface area contributed by atoms with Gasteiger partial charge in [-0.15, -0.1) is 0 Å². The molecule has 1 amide bonds. The molecule has 2 aromatic carbocycles. The first-order chi connectivity index (χ1) is 14.9. The van der Waals surface area contributed by atoms with Crippen LogP contribution in [-0.2, 0) is 11.2 Å². The number of nitriles is 1. The Kier molecular flexibility index (Phi) is 7.45. The largest absolute Gasteiger partial charge is 0.493 e. The van der Waals surface area contributed by atoms with Gasteiger partial charge in [0.2, 0.25) is 0 Å². The zero-order valence-electron chi connectivity index (χ0n) is 17.0. The highest BCUT2D eigenvalue weighted by Gasteiger charge is 2.17. The van der Waals surface area contributed by atoms with Gasteiger partial charge in [-0.05, 0) is 54.0 Å². The fraction of sp³-hybridized carbons (Fsp3) is 0.217. The second-order valence-corrected chi connectivity index (χ2v) is 7.52. The van der Waals surface area contributed by atoms with E-state index < -0.39 is 5.91 Å². The van der Waals surface area contributed by atoms with Gasteiger partial charge in [-0.25, -0.2) is 0 Å². The van der Waals surface area contributed by atoms with E-state index in [4.69, 9.17) is 37.4 Å². The van der Waals surface area contributed by atoms with Gasteiger partial charge in [-0.2, -0.15) is 5.26 Å². The average molecular weight is 459 g/mol. The lowest BCUT2D eigenvalue weighted by atomic mass is 10.0. The number of carbonyl (C=O) groups is 1. The molecular formula is C23H20Cl2N2O4. The van der Waals surface area contributed by atoms with E-state index in [1.54, 1.807) is 32.4 Å². The summed E-state index contributed by atoms with van der Waals surface area (Å²) < 4.78 is 16.2. The normalized spacial score (nSPS) is 12.7. The van der Waals surface area contributed by atoms with Gasteiger partial charge < -0.3 is 19.5 Å². The average Bonchev–Trinajstić information content (AvgIpc) is 2.76. The zero-order valence-corrected chi connectivity index (χ0v) is 18.5. The Bertz CT molecular complexity index is 1100. The molecule has 0 saturated heterocycles. The maximum Gasteiger partial charge on any atom is 0.261 e. The molecule has 0 fully saturated rings. The summed E-state index contributed by atoms with van der Waals surface area (Å²) in [6, 6.07) is 10.8. The number of amides is 1. The summed E-state index contributed by atoms with van der Waals surface area (Å²) in [7, 11) is 3.14. The molecule has 0 bridgehead atoms. The Morgan fingerprint density at radius 2 is 2.00 bits per heavy atom. The van der Waals surface area contributed by atoms with Crippen molar-refractivity contribution in [1.82, 2.24) is 5.32 Å². The fourth-order valence-electron chi connectivity index (χ4n) is 3.11. The lowest BCUT2D eigenvalue weighted by Gasteiger charge is -2.18. The number of fused-ring (bicyclic) bond motifs is 1. The molecule has 8 heteroatoms. The van der Waals surface area contributed by atoms with Crippen LogP contribution in [0.25, 0.3) is 6.08 Å². The number of hydrogen-bond donors (Lipinski definition) is 1. The van der Waals surface area contributed by atoms with Crippen LogP contribution in [0.2, 0.25) is 10.0 Å². The minimum Gasteiger partial charge on any atom is -0.493 e. The Morgan fingerprint density at radius 1 is 1.23 bits per heavy atom. The molecular weight excluding hydrogens is 439 g/mol. The molecule has 0 atom stereocenters. The number of hydrogen-bond acceptors (Lipinski definition) is 5. The minimum atomic E-state index is -0.459. The fourth-order valence-corrected chi connectivity index (χ4v) is 3.67. The molecule has 1 aliphatic rings. The molecule has 2 aromatic rings. The predicted octanol–water partition coefficient (Wildman–Crippen LogP) is 4.60. The third-order valence-electron chi connectivity index (χ3n) is 4.60. The number of nitrogens with one attached hydrogen (secondary N) is 1. The summed E-state index contributed by atoms with van der Waals surface area (Å²) in [5, 5.41) is 13.1. The second-order valence-electron chi connectivity index (χ2n) is 6.68. The third-order valence-corrected chi connectivity index (χ3v) is 5.10. The molecule has 1 N–H and O–H groups in total. The van der Waals surface area contributed by atoms with Gasteiger partial charge in [0, 0.05) is 17.1 Å². The van der Waals surface area contributed by atoms with Crippen molar-refractivity contribution in [3.05, 3.63) is 68.7 Å². The number of rotatable bonds is 7. The lowest BCUT2D eigenvalue weighted by molar-refractivity contribution is -0.117. The van der Waals surface area contributed by atoms with Crippen molar-refractivity contribution < 1.29 is 19.0 Å². The van der Waals surface area contributed by atoms with E-state index >= 15 is 0 Å². The highest BCUT2D eigenvalue weighted by Crippen LogP contribution is 2.36. The Balaban J connectivity index is 1.66. The van der Waals surface area contributed by atoms with Crippen LogP contribution >= 0.6 is 23.2 Å². The predicted molar refractivity (Wildman–Crippen MR) is 120 cm³/mol. The van der Waals surface area contributed by atoms with Crippen LogP contribution in [-0.4, -0.2) is 33.3 Å². The minimum absolute atomic E-state index is 0.0151. The molecule has 0 aliphatic carbocycles. The highest BCUT2D eigenvalue weighted by atomic mass is 35.5. The van der Waals surface area contributed by atoms with E-state index in [2.05, 4.69) is 5.32 Å². The van der Waals surface area contributed by atoms with Crippen LogP contribution in [0, 0.1) is 11.3 Å². The lowest BCUT2D eigenvalue weighted by Crippen LogP contribution is -2.27. The Labute approximate surface area is 190 Å². The van der Waals surface area contributed by atoms with Gasteiger partial charge in [0.1, 0.15) is 24.0 Å². The van der Waals surface area contributed by atoms with Crippen LogP contribution in [0.15, 0.2) is 47.6 Å². The van der Waals surface area contributed by atoms with Crippen molar-refractivity contribution in [3.63, 3.8) is 0 Å². The molecule has 31 heavy (non-hydrogen) atoms. The van der Waals surface area contributed by atoms with E-state index in [0.717, 1.165) is 5.56 Å². The standard InChI is InChI=1S/C23H20Cl2N2O4/c1-29-20-4-3-14(9-21(20)30-2)5-6-27-23(28)17(12-26)8-15-7-16-10-18(24)11-19(25)22(16)31-13-15/h3-4,7-11H,5-6,13H2,1-2H3,(H,27,28). The topological polar surface area (TPSA) is 80.6 Å². The van der Waals surface area contributed by atoms with Gasteiger partial charge in [0.25, 0.3) is 5.91 Å². The monoisotopic (exact) mass is 458 g/mol. The number of carbonyl (C=O) groups excluding carboxylic acids is 1. The first-order valence-electron chi connectivity index (χ1n) is 9.38. The summed E-state index contributed by atoms with van der Waals surface area (Å²) in [6.07, 6.45) is 3.87. The van der Waals surface area contributed by atoms with Gasteiger partial charge in [-0.3, -0.25) is 4.79 Å². The van der Waals surface area contributed by atoms with Gasteiger partial charge >= 0.3 is 0 Å². The molecule has 6 nitrogen and oxygen atoms in total. The molecule has 3 rings (SSSR count). The first-order valence-corrected chi connectivity index (χ1v) is 10.1. The van der Waals surface area contributed by atoms with E-state index in [-0.39, 0.29) is 12.2 Å². The van der Waals surface area contributed by atoms with Gasteiger partial charge in [0.15, 0.2) is 11.5 Å². The molecule has 0 aromatic heterocycles. The first kappa shape index (κ1) is 22.5. The number of benzene rings is 2. The van der Waals surface area contributed by atoms with Crippen LogP contribution < -0.4 is 19.5 Å². The van der Waals surface area contributed by atoms with Gasteiger partial charge in [-0.1, -0.05) is 29.3 Å². The number of ether oxygens (including phenoxy) is 3. The summed E-state index contributed by atoms with van der Waals surface area (Å²) >= 11 is 12.2. The Hall–Kier alpha value is -3.14. The van der Waals surface area contributed by atoms with E-state index in [1.165, 1.54) is 6.08 Å². The van der Waals surface area contributed by atoms with Crippen molar-refractivity contribution in [2.45, 2.75) is 6.42 Å². The van der Waals surface area contributed by atoms with Crippen molar-refractivity contribution in [3.8, 4) is 23.3 Å². The summed E-state index contributed by atoms with van der Waals surface area (Å²) in [4.78, 5) is 12.5. The van der Waals surface area contributed by atoms with E-state index in [1.807, 2.05) is 24.3 Å². The van der Waals surface area contributed by atoms with Crippen LogP contribution in [0.5, 0.6) is 17.2 Å². The quantitative estimate of drug-likeness (QED) is 0.484. The SMILES string of the molecule is COc1ccc(CCNC(=O)C(C#N)=CC2=Cc3cc(Cl)cc(Cl)c3OC2)cc1OC. The van der Waals surface area contributed by atoms with Gasteiger partial charge in [0.05, 0.1) is 19.2 Å². The molecule has 0 radical (unpaired) electrons. The molecule has 0 spiro atoms. The Morgan fingerprint density at radius 3 is 2.71 bits per heavy atom. The van der Waals surface area contributed by atoms with E-state index in [0.29, 0.717) is 51.4 Å². The molecule has 1 heterocycles. The van der Waals surface area contributed by atoms with Crippen LogP contribution in [0.1, 0.15) is 11.1 Å². The number of nitrogens with zero attached hydrogens (tertiary/aromatic N) is 1. The van der Waals surface area contributed by atoms with E-state index in [9.17, 15) is 10.1 Å². The summed E-state index contributed by atoms with van der Waals surface area (Å²) in [6.45, 7) is 0.551. The van der Waals surface area contributed by atoms with Crippen molar-refractivity contribution >= 4 is 35.2 Å². The second kappa shape index (κ2) is 10.3. The maximum absolute atomic E-state index is 12.5. The summed E-state index contributed by atoms with van der Waals surface area (Å²) in [5.41, 5.74) is 2.31. The van der Waals surface area contributed by atoms with Crippen LogP contribution in [0.4, 0.5) is 0 Å². The molecule has 0 unspecified atom stereocenters. The number of halogens is 2.